The van der Waals surface area contributed by atoms with E-state index in [-0.39, 0.29) is 5.97 Å². The van der Waals surface area contributed by atoms with Crippen LogP contribution >= 0.6 is 16.1 Å². The first-order valence-electron chi connectivity index (χ1n) is 3.11. The van der Waals surface area contributed by atoms with Crippen molar-refractivity contribution < 1.29 is 9.53 Å². The van der Waals surface area contributed by atoms with E-state index in [1.807, 2.05) is 0 Å². The molecule has 0 atom stereocenters. The molecule has 60 valence electrons. The Morgan fingerprint density at radius 3 is 3.09 bits per heavy atom. The summed E-state index contributed by atoms with van der Waals surface area (Å²) >= 11 is 3.09. The van der Waals surface area contributed by atoms with E-state index >= 15 is 0 Å². The zero-order valence-corrected chi connectivity index (χ0v) is 7.54. The lowest BCUT2D eigenvalue weighted by molar-refractivity contribution is 0.0519. The van der Waals surface area contributed by atoms with Crippen molar-refractivity contribution in [3.63, 3.8) is 0 Å². The zero-order chi connectivity index (χ0) is 8.27. The molecule has 0 aliphatic carbocycles. The van der Waals surface area contributed by atoms with Gasteiger partial charge in [-0.25, -0.2) is 9.78 Å². The van der Waals surface area contributed by atoms with Crippen LogP contribution in [0.4, 0.5) is 0 Å². The summed E-state index contributed by atoms with van der Waals surface area (Å²) in [5, 5.41) is 0. The number of esters is 1. The third-order valence-corrected chi connectivity index (χ3v) is 1.64. The molecule has 0 aliphatic heterocycles. The number of rotatable bonds is 2. The number of carbonyl (C=O) groups is 1. The van der Waals surface area contributed by atoms with Crippen molar-refractivity contribution in [1.29, 1.82) is 0 Å². The molecule has 0 N–H and O–H groups in total. The van der Waals surface area contributed by atoms with E-state index in [1.54, 1.807) is 6.92 Å². The first kappa shape index (κ1) is 8.26. The van der Waals surface area contributed by atoms with E-state index in [1.165, 1.54) is 16.1 Å². The molecule has 0 fully saturated rings. The van der Waals surface area contributed by atoms with E-state index in [4.69, 9.17) is 4.74 Å². The van der Waals surface area contributed by atoms with Crippen molar-refractivity contribution in [2.24, 2.45) is 0 Å². The number of nitrogens with zero attached hydrogens (tertiary/aromatic N) is 2. The van der Waals surface area contributed by atoms with Gasteiger partial charge in [0, 0.05) is 0 Å². The van der Waals surface area contributed by atoms with E-state index in [9.17, 15) is 4.79 Å². The summed E-state index contributed by atoms with van der Waals surface area (Å²) in [6.45, 7) is 2.13. The number of halogens is 1. The topological polar surface area (TPSA) is 44.1 Å². The molecule has 0 saturated carbocycles. The third kappa shape index (κ3) is 1.80. The van der Waals surface area contributed by atoms with Crippen LogP contribution in [0.5, 0.6) is 0 Å². The van der Waals surface area contributed by atoms with Gasteiger partial charge in [-0.2, -0.15) is 0 Å². The monoisotopic (exact) mass is 218 g/mol. The molecule has 1 rings (SSSR count). The minimum Gasteiger partial charge on any atom is -0.461 e. The molecule has 0 bridgehead atoms. The van der Waals surface area contributed by atoms with Crippen molar-refractivity contribution in [2.45, 2.75) is 6.92 Å². The van der Waals surface area contributed by atoms with Crippen LogP contribution in [0, 0.1) is 0 Å². The Bertz CT molecular complexity index is 259. The van der Waals surface area contributed by atoms with Crippen LogP contribution in [0.15, 0.2) is 12.5 Å². The highest BCUT2D eigenvalue weighted by molar-refractivity contribution is 9.08. The predicted molar refractivity (Wildman–Crippen MR) is 42.5 cm³/mol. The van der Waals surface area contributed by atoms with Gasteiger partial charge < -0.3 is 4.74 Å². The maximum atomic E-state index is 11.0. The first-order chi connectivity index (χ1) is 5.25. The van der Waals surface area contributed by atoms with E-state index in [2.05, 4.69) is 21.1 Å². The summed E-state index contributed by atoms with van der Waals surface area (Å²) in [5.74, 6) is -0.373. The molecule has 0 saturated heterocycles. The third-order valence-electron chi connectivity index (χ3n) is 1.08. The molecule has 1 aromatic heterocycles. The zero-order valence-electron chi connectivity index (χ0n) is 5.95. The van der Waals surface area contributed by atoms with Crippen LogP contribution in [-0.4, -0.2) is 21.2 Å². The highest BCUT2D eigenvalue weighted by atomic mass is 79.9. The van der Waals surface area contributed by atoms with Gasteiger partial charge in [0.25, 0.3) is 0 Å². The summed E-state index contributed by atoms with van der Waals surface area (Å²) < 4.78 is 6.17. The standard InChI is InChI=1S/C6H7BrN2O2/c1-2-11-6(10)5-3-8-4-9(5)7/h3-4H,2H2,1H3. The molecular formula is C6H7BrN2O2. The van der Waals surface area contributed by atoms with Gasteiger partial charge >= 0.3 is 5.97 Å². The van der Waals surface area contributed by atoms with Crippen LogP contribution in [-0.2, 0) is 4.74 Å². The minimum absolute atomic E-state index is 0.372. The Kier molecular flexibility index (Phi) is 2.64. The molecule has 1 aromatic rings. The lowest BCUT2D eigenvalue weighted by atomic mass is 10.5. The first-order valence-corrected chi connectivity index (χ1v) is 3.82. The van der Waals surface area contributed by atoms with Gasteiger partial charge in [0.15, 0.2) is 5.69 Å². The molecular weight excluding hydrogens is 212 g/mol. The second-order valence-electron chi connectivity index (χ2n) is 1.81. The van der Waals surface area contributed by atoms with Crippen molar-refractivity contribution in [1.82, 2.24) is 8.58 Å². The lowest BCUT2D eigenvalue weighted by Gasteiger charge is -1.98. The summed E-state index contributed by atoms with van der Waals surface area (Å²) in [6, 6.07) is 0. The van der Waals surface area contributed by atoms with Crippen LogP contribution in [0.2, 0.25) is 0 Å². The average molecular weight is 219 g/mol. The number of ether oxygens (including phenoxy) is 1. The van der Waals surface area contributed by atoms with Crippen LogP contribution in [0.3, 0.4) is 0 Å². The second-order valence-corrected chi connectivity index (χ2v) is 2.57. The summed E-state index contributed by atoms with van der Waals surface area (Å²) in [7, 11) is 0. The Morgan fingerprint density at radius 2 is 2.64 bits per heavy atom. The molecule has 0 radical (unpaired) electrons. The van der Waals surface area contributed by atoms with Crippen LogP contribution in [0.1, 0.15) is 17.4 Å². The number of hydrogen-bond acceptors (Lipinski definition) is 3. The van der Waals surface area contributed by atoms with Gasteiger partial charge in [-0.1, -0.05) is 0 Å². The molecule has 4 nitrogen and oxygen atoms in total. The van der Waals surface area contributed by atoms with E-state index < -0.39 is 0 Å². The van der Waals surface area contributed by atoms with E-state index in [0.29, 0.717) is 12.3 Å². The normalized spacial score (nSPS) is 9.64. The van der Waals surface area contributed by atoms with Crippen LogP contribution in [0.25, 0.3) is 0 Å². The van der Waals surface area contributed by atoms with Crippen LogP contribution < -0.4 is 0 Å². The fourth-order valence-electron chi connectivity index (χ4n) is 0.625. The maximum Gasteiger partial charge on any atom is 0.357 e. The summed E-state index contributed by atoms with van der Waals surface area (Å²) in [4.78, 5) is 14.8. The Balaban J connectivity index is 2.76. The van der Waals surface area contributed by atoms with Crippen molar-refractivity contribution >= 4 is 22.1 Å². The smallest absolute Gasteiger partial charge is 0.357 e. The average Bonchev–Trinajstić information content (AvgIpc) is 2.36. The number of carbonyl (C=O) groups excluding carboxylic acids is 1. The highest BCUT2D eigenvalue weighted by Gasteiger charge is 2.10. The molecule has 0 aromatic carbocycles. The number of aromatic nitrogens is 2. The lowest BCUT2D eigenvalue weighted by Crippen LogP contribution is -2.06. The maximum absolute atomic E-state index is 11.0. The van der Waals surface area contributed by atoms with Crippen molar-refractivity contribution in [3.8, 4) is 0 Å². The van der Waals surface area contributed by atoms with Gasteiger partial charge in [-0.3, -0.25) is 3.59 Å². The van der Waals surface area contributed by atoms with E-state index in [0.717, 1.165) is 0 Å². The van der Waals surface area contributed by atoms with Gasteiger partial charge in [0.2, 0.25) is 0 Å². The van der Waals surface area contributed by atoms with Crippen molar-refractivity contribution in [2.75, 3.05) is 6.61 Å². The molecule has 11 heavy (non-hydrogen) atoms. The fourth-order valence-corrected chi connectivity index (χ4v) is 0.967. The quantitative estimate of drug-likeness (QED) is 0.702. The predicted octanol–water partition coefficient (Wildman–Crippen LogP) is 1.22. The number of imidazole rings is 1. The Morgan fingerprint density at radius 1 is 1.91 bits per heavy atom. The minimum atomic E-state index is -0.373. The van der Waals surface area contributed by atoms with Gasteiger partial charge in [0.05, 0.1) is 29.0 Å². The number of hydrogen-bond donors (Lipinski definition) is 0. The van der Waals surface area contributed by atoms with Gasteiger partial charge in [-0.05, 0) is 6.92 Å². The largest absolute Gasteiger partial charge is 0.461 e. The molecule has 5 heteroatoms. The van der Waals surface area contributed by atoms with Gasteiger partial charge in [0.1, 0.15) is 6.33 Å². The SMILES string of the molecule is CCOC(=O)c1cncn1Br. The molecule has 0 amide bonds. The van der Waals surface area contributed by atoms with Crippen molar-refractivity contribution in [3.05, 3.63) is 18.2 Å². The second kappa shape index (κ2) is 3.52. The summed E-state index contributed by atoms with van der Waals surface area (Å²) in [6.07, 6.45) is 2.92. The molecule has 1 heterocycles. The molecule has 0 unspecified atom stereocenters. The highest BCUT2D eigenvalue weighted by Crippen LogP contribution is 2.04. The Hall–Kier alpha value is -0.840. The molecule has 0 aliphatic rings. The fraction of sp³-hybridized carbons (Fsp3) is 0.333. The Labute approximate surface area is 72.5 Å². The van der Waals surface area contributed by atoms with Gasteiger partial charge in [-0.15, -0.1) is 0 Å². The molecule has 0 spiro atoms. The summed E-state index contributed by atoms with van der Waals surface area (Å²) in [5.41, 5.74) is 0.395.